The Morgan fingerprint density at radius 1 is 1.00 bits per heavy atom. The first-order valence-corrected chi connectivity index (χ1v) is 11.5. The number of fused-ring (bicyclic) bond motifs is 2. The predicted octanol–water partition coefficient (Wildman–Crippen LogP) is 5.65. The first-order chi connectivity index (χ1) is 16.4. The van der Waals surface area contributed by atoms with Gasteiger partial charge in [-0.05, 0) is 80.3 Å². The van der Waals surface area contributed by atoms with Gasteiger partial charge in [0.05, 0.1) is 23.6 Å². The first kappa shape index (κ1) is 21.9. The maximum atomic E-state index is 13.8. The Bertz CT molecular complexity index is 1470. The van der Waals surface area contributed by atoms with Crippen LogP contribution in [0.2, 0.25) is 0 Å². The minimum absolute atomic E-state index is 0.0698. The van der Waals surface area contributed by atoms with Gasteiger partial charge in [0.25, 0.3) is 5.91 Å². The van der Waals surface area contributed by atoms with Gasteiger partial charge in [0.2, 0.25) is 5.76 Å². The van der Waals surface area contributed by atoms with Crippen molar-refractivity contribution in [1.82, 2.24) is 4.98 Å². The number of pyridine rings is 1. The zero-order valence-electron chi connectivity index (χ0n) is 19.7. The number of hydrogen-bond acceptors (Lipinski definition) is 5. The van der Waals surface area contributed by atoms with E-state index in [0.717, 1.165) is 34.6 Å². The van der Waals surface area contributed by atoms with Crippen LogP contribution >= 0.6 is 0 Å². The van der Waals surface area contributed by atoms with Crippen molar-refractivity contribution in [3.8, 4) is 5.75 Å². The fourth-order valence-corrected chi connectivity index (χ4v) is 4.41. The van der Waals surface area contributed by atoms with Crippen molar-refractivity contribution in [2.45, 2.75) is 40.2 Å². The zero-order valence-corrected chi connectivity index (χ0v) is 19.7. The highest BCUT2D eigenvalue weighted by Crippen LogP contribution is 2.41. The SMILES string of the molecule is CCCOc1ccc(C2c3c(oc4cc(C)c(C)cc4c3=O)C(=O)N2c2cccc(C)n2)cc1. The fourth-order valence-electron chi connectivity index (χ4n) is 4.41. The molecule has 0 saturated carbocycles. The maximum Gasteiger partial charge on any atom is 0.296 e. The van der Waals surface area contributed by atoms with E-state index in [2.05, 4.69) is 11.9 Å². The molecule has 6 nitrogen and oxygen atoms in total. The molecule has 0 radical (unpaired) electrons. The summed E-state index contributed by atoms with van der Waals surface area (Å²) in [6.07, 6.45) is 0.909. The molecule has 0 fully saturated rings. The molecule has 4 aromatic rings. The van der Waals surface area contributed by atoms with Crippen molar-refractivity contribution in [2.24, 2.45) is 0 Å². The first-order valence-electron chi connectivity index (χ1n) is 11.5. The third-order valence-electron chi connectivity index (χ3n) is 6.28. The van der Waals surface area contributed by atoms with E-state index in [-0.39, 0.29) is 17.1 Å². The lowest BCUT2D eigenvalue weighted by atomic mass is 9.97. The second-order valence-corrected chi connectivity index (χ2v) is 8.74. The van der Waals surface area contributed by atoms with E-state index in [4.69, 9.17) is 9.15 Å². The molecule has 0 aliphatic carbocycles. The Morgan fingerprint density at radius 3 is 2.44 bits per heavy atom. The summed E-state index contributed by atoms with van der Waals surface area (Å²) >= 11 is 0. The quantitative estimate of drug-likeness (QED) is 0.390. The molecule has 1 amide bonds. The second kappa shape index (κ2) is 8.45. The molecule has 0 bridgehead atoms. The summed E-state index contributed by atoms with van der Waals surface area (Å²) in [5.74, 6) is 0.914. The third kappa shape index (κ3) is 3.55. The molecule has 6 heteroatoms. The van der Waals surface area contributed by atoms with Crippen molar-refractivity contribution < 1.29 is 13.9 Å². The Hall–Kier alpha value is -3.93. The number of benzene rings is 2. The van der Waals surface area contributed by atoms with Crippen LogP contribution in [-0.2, 0) is 0 Å². The van der Waals surface area contributed by atoms with Gasteiger partial charge in [-0.15, -0.1) is 0 Å². The van der Waals surface area contributed by atoms with Gasteiger partial charge in [0, 0.05) is 5.69 Å². The summed E-state index contributed by atoms with van der Waals surface area (Å²) in [5.41, 5.74) is 4.12. The summed E-state index contributed by atoms with van der Waals surface area (Å²) < 4.78 is 11.8. The minimum atomic E-state index is -0.653. The van der Waals surface area contributed by atoms with Crippen molar-refractivity contribution in [1.29, 1.82) is 0 Å². The predicted molar refractivity (Wildman–Crippen MR) is 132 cm³/mol. The highest BCUT2D eigenvalue weighted by molar-refractivity contribution is 6.10. The van der Waals surface area contributed by atoms with E-state index in [1.807, 2.05) is 69.3 Å². The molecule has 3 heterocycles. The number of carbonyl (C=O) groups excluding carboxylic acids is 1. The van der Waals surface area contributed by atoms with Gasteiger partial charge >= 0.3 is 0 Å². The lowest BCUT2D eigenvalue weighted by Crippen LogP contribution is -2.30. The largest absolute Gasteiger partial charge is 0.494 e. The van der Waals surface area contributed by atoms with Crippen LogP contribution < -0.4 is 15.1 Å². The minimum Gasteiger partial charge on any atom is -0.494 e. The van der Waals surface area contributed by atoms with Crippen LogP contribution in [0, 0.1) is 20.8 Å². The van der Waals surface area contributed by atoms with Gasteiger partial charge in [-0.1, -0.05) is 25.1 Å². The van der Waals surface area contributed by atoms with Crippen molar-refractivity contribution in [2.75, 3.05) is 11.5 Å². The molecule has 1 aliphatic rings. The second-order valence-electron chi connectivity index (χ2n) is 8.74. The van der Waals surface area contributed by atoms with Gasteiger partial charge in [-0.25, -0.2) is 4.98 Å². The number of aromatic nitrogens is 1. The highest BCUT2D eigenvalue weighted by Gasteiger charge is 2.44. The van der Waals surface area contributed by atoms with E-state index in [9.17, 15) is 9.59 Å². The average Bonchev–Trinajstić information content (AvgIpc) is 3.12. The average molecular weight is 455 g/mol. The van der Waals surface area contributed by atoms with Crippen molar-refractivity contribution >= 4 is 22.7 Å². The number of rotatable bonds is 5. The number of nitrogens with zero attached hydrogens (tertiary/aromatic N) is 2. The zero-order chi connectivity index (χ0) is 24.0. The normalized spacial score (nSPS) is 15.1. The van der Waals surface area contributed by atoms with Gasteiger partial charge in [0.1, 0.15) is 17.2 Å². The molecule has 0 N–H and O–H groups in total. The number of carbonyl (C=O) groups is 1. The molecule has 1 atom stereocenters. The number of amides is 1. The third-order valence-corrected chi connectivity index (χ3v) is 6.28. The maximum absolute atomic E-state index is 13.8. The molecule has 5 rings (SSSR count). The number of hydrogen-bond donors (Lipinski definition) is 0. The molecule has 2 aromatic carbocycles. The summed E-state index contributed by atoms with van der Waals surface area (Å²) in [5, 5.41) is 0.474. The standard InChI is InChI=1S/C28H26N2O4/c1-5-13-33-20-11-9-19(10-12-20)25-24-26(31)21-14-16(2)17(3)15-22(21)34-27(24)28(32)30(25)23-8-6-7-18(4)29-23/h6-12,14-15,25H,5,13H2,1-4H3. The van der Waals surface area contributed by atoms with E-state index >= 15 is 0 Å². The Balaban J connectivity index is 1.74. The summed E-state index contributed by atoms with van der Waals surface area (Å²) in [6, 6.07) is 16.0. The highest BCUT2D eigenvalue weighted by atomic mass is 16.5. The van der Waals surface area contributed by atoms with Crippen molar-refractivity contribution in [3.05, 3.63) is 98.5 Å². The molecule has 0 saturated heterocycles. The smallest absolute Gasteiger partial charge is 0.296 e. The lowest BCUT2D eigenvalue weighted by Gasteiger charge is -2.24. The molecule has 1 unspecified atom stereocenters. The molecule has 34 heavy (non-hydrogen) atoms. The molecule has 0 spiro atoms. The number of aryl methyl sites for hydroxylation is 3. The van der Waals surface area contributed by atoms with Gasteiger partial charge in [-0.3, -0.25) is 14.5 Å². The molecule has 1 aliphatic heterocycles. The van der Waals surface area contributed by atoms with Crippen LogP contribution in [0.1, 0.15) is 57.9 Å². The Labute approximate surface area is 197 Å². The Kier molecular flexibility index (Phi) is 5.44. The van der Waals surface area contributed by atoms with E-state index in [1.54, 1.807) is 11.0 Å². The summed E-state index contributed by atoms with van der Waals surface area (Å²) in [7, 11) is 0. The van der Waals surface area contributed by atoms with Crippen LogP contribution in [0.5, 0.6) is 5.75 Å². The lowest BCUT2D eigenvalue weighted by molar-refractivity contribution is 0.0970. The van der Waals surface area contributed by atoms with Crippen LogP contribution in [-0.4, -0.2) is 17.5 Å². The van der Waals surface area contributed by atoms with Crippen molar-refractivity contribution in [3.63, 3.8) is 0 Å². The van der Waals surface area contributed by atoms with Crippen LogP contribution in [0.15, 0.2) is 63.8 Å². The molecular weight excluding hydrogens is 428 g/mol. The topological polar surface area (TPSA) is 72.6 Å². The molecular formula is C28H26N2O4. The molecule has 172 valence electrons. The fraction of sp³-hybridized carbons (Fsp3) is 0.250. The monoisotopic (exact) mass is 454 g/mol. The summed E-state index contributed by atoms with van der Waals surface area (Å²) in [6.45, 7) is 8.46. The molecule has 2 aromatic heterocycles. The van der Waals surface area contributed by atoms with E-state index < -0.39 is 6.04 Å². The number of anilines is 1. The van der Waals surface area contributed by atoms with Gasteiger partial charge < -0.3 is 9.15 Å². The van der Waals surface area contributed by atoms with E-state index in [1.165, 1.54) is 0 Å². The Morgan fingerprint density at radius 2 is 1.74 bits per heavy atom. The van der Waals surface area contributed by atoms with Crippen LogP contribution in [0.25, 0.3) is 11.0 Å². The van der Waals surface area contributed by atoms with Crippen LogP contribution in [0.3, 0.4) is 0 Å². The van der Waals surface area contributed by atoms with Gasteiger partial charge in [-0.2, -0.15) is 0 Å². The number of ether oxygens (including phenoxy) is 1. The summed E-state index contributed by atoms with van der Waals surface area (Å²) in [4.78, 5) is 33.6. The van der Waals surface area contributed by atoms with Crippen LogP contribution in [0.4, 0.5) is 5.82 Å². The van der Waals surface area contributed by atoms with Gasteiger partial charge in [0.15, 0.2) is 5.43 Å². The van der Waals surface area contributed by atoms with E-state index in [0.29, 0.717) is 29.0 Å².